The van der Waals surface area contributed by atoms with E-state index in [-0.39, 0.29) is 10.0 Å². The quantitative estimate of drug-likeness (QED) is 0.667. The second-order valence-corrected chi connectivity index (χ2v) is 9.61. The van der Waals surface area contributed by atoms with E-state index in [9.17, 15) is 0 Å². The van der Waals surface area contributed by atoms with E-state index in [1.807, 2.05) is 0 Å². The number of nitrogens with zero attached hydrogens (tertiary/aromatic N) is 1. The Hall–Kier alpha value is 0.310. The lowest BCUT2D eigenvalue weighted by molar-refractivity contribution is 0.175. The summed E-state index contributed by atoms with van der Waals surface area (Å²) in [6.45, 7) is 9.38. The minimum atomic E-state index is -0.309. The van der Waals surface area contributed by atoms with Crippen molar-refractivity contribution in [1.82, 2.24) is 4.90 Å². The van der Waals surface area contributed by atoms with Crippen LogP contribution in [0.15, 0.2) is 0 Å². The number of hydrogen-bond donors (Lipinski definition) is 0. The lowest BCUT2D eigenvalue weighted by Gasteiger charge is -2.30. The molecule has 0 aliphatic carbocycles. The largest absolute Gasteiger partial charge is 0.289 e. The highest BCUT2D eigenvalue weighted by Crippen LogP contribution is 2.49. The van der Waals surface area contributed by atoms with Crippen LogP contribution in [0.3, 0.4) is 0 Å². The monoisotopic (exact) mass is 203 g/mol. The zero-order valence-corrected chi connectivity index (χ0v) is 10.8. The molecule has 0 aromatic rings. The zero-order valence-electron chi connectivity index (χ0n) is 10.0. The molecule has 0 aromatic heterocycles. The molecule has 1 nitrogen and oxygen atoms in total. The summed E-state index contributed by atoms with van der Waals surface area (Å²) in [7, 11) is -0.309. The van der Waals surface area contributed by atoms with E-state index in [2.05, 4.69) is 45.1 Å². The highest BCUT2D eigenvalue weighted by molar-refractivity contribution is 8.32. The summed E-state index contributed by atoms with van der Waals surface area (Å²) in [5, 5.41) is 0. The van der Waals surface area contributed by atoms with E-state index in [1.54, 1.807) is 0 Å². The lowest BCUT2D eigenvalue weighted by Crippen LogP contribution is -2.39. The normalized spacial score (nSPS) is 31.5. The molecule has 80 valence electrons. The van der Waals surface area contributed by atoms with Crippen LogP contribution in [0.2, 0.25) is 0 Å². The molecule has 13 heavy (non-hydrogen) atoms. The summed E-state index contributed by atoms with van der Waals surface area (Å²) in [6.07, 6.45) is 4.95. The molecule has 1 rings (SSSR count). The minimum absolute atomic E-state index is 0.309. The highest BCUT2D eigenvalue weighted by atomic mass is 32.3. The molecule has 0 bridgehead atoms. The lowest BCUT2D eigenvalue weighted by atomic mass is 10.0. The second kappa shape index (κ2) is 3.82. The summed E-state index contributed by atoms with van der Waals surface area (Å²) in [4.78, 5) is 2.71. The Morgan fingerprint density at radius 1 is 1.15 bits per heavy atom. The van der Waals surface area contributed by atoms with Crippen LogP contribution < -0.4 is 0 Å². The van der Waals surface area contributed by atoms with Gasteiger partial charge in [0.25, 0.3) is 0 Å². The smallest absolute Gasteiger partial charge is 0.0292 e. The maximum atomic E-state index is 2.71. The summed E-state index contributed by atoms with van der Waals surface area (Å²) >= 11 is 0. The molecule has 0 N–H and O–H groups in total. The van der Waals surface area contributed by atoms with Crippen molar-refractivity contribution in [3.63, 3.8) is 0 Å². The van der Waals surface area contributed by atoms with Crippen molar-refractivity contribution in [2.45, 2.75) is 39.8 Å². The van der Waals surface area contributed by atoms with Crippen LogP contribution in [-0.4, -0.2) is 41.1 Å². The third kappa shape index (κ3) is 2.63. The van der Waals surface area contributed by atoms with Gasteiger partial charge in [-0.2, -0.15) is 0 Å². The molecule has 1 heterocycles. The SMILES string of the molecule is CC(C)C1CS(C)(C)CN1C(C)C. The number of rotatable bonds is 2. The van der Waals surface area contributed by atoms with Gasteiger partial charge >= 0.3 is 0 Å². The first-order chi connectivity index (χ1) is 5.83. The molecule has 1 unspecified atom stereocenters. The first kappa shape index (κ1) is 11.4. The third-order valence-corrected chi connectivity index (χ3v) is 5.22. The van der Waals surface area contributed by atoms with Gasteiger partial charge in [0.05, 0.1) is 0 Å². The fraction of sp³-hybridized carbons (Fsp3) is 1.00. The van der Waals surface area contributed by atoms with Gasteiger partial charge in [-0.25, -0.2) is 10.0 Å². The van der Waals surface area contributed by atoms with E-state index in [0.29, 0.717) is 0 Å². The van der Waals surface area contributed by atoms with Gasteiger partial charge in [0.1, 0.15) is 0 Å². The summed E-state index contributed by atoms with van der Waals surface area (Å²) in [5.41, 5.74) is 0. The molecule has 0 radical (unpaired) electrons. The van der Waals surface area contributed by atoms with E-state index in [0.717, 1.165) is 18.0 Å². The predicted octanol–water partition coefficient (Wildman–Crippen LogP) is 2.76. The average Bonchev–Trinajstić information content (AvgIpc) is 2.26. The van der Waals surface area contributed by atoms with Gasteiger partial charge in [0.15, 0.2) is 0 Å². The molecule has 0 amide bonds. The van der Waals surface area contributed by atoms with Crippen LogP contribution >= 0.6 is 10.0 Å². The molecule has 1 aliphatic heterocycles. The molecule has 1 aliphatic rings. The fourth-order valence-corrected chi connectivity index (χ4v) is 5.12. The van der Waals surface area contributed by atoms with Crippen molar-refractivity contribution >= 4 is 10.0 Å². The Kier molecular flexibility index (Phi) is 3.34. The van der Waals surface area contributed by atoms with Gasteiger partial charge in [-0.3, -0.25) is 4.90 Å². The van der Waals surface area contributed by atoms with Gasteiger partial charge in [0, 0.05) is 18.0 Å². The standard InChI is InChI=1S/C11H25NS/c1-9(2)11-7-13(5,6)8-12(11)10(3)4/h9-11H,7-8H2,1-6H3. The molecule has 1 fully saturated rings. The van der Waals surface area contributed by atoms with Crippen LogP contribution in [0.5, 0.6) is 0 Å². The molecule has 0 spiro atoms. The van der Waals surface area contributed by atoms with Crippen molar-refractivity contribution < 1.29 is 0 Å². The second-order valence-electron chi connectivity index (χ2n) is 5.48. The number of hydrogen-bond acceptors (Lipinski definition) is 1. The van der Waals surface area contributed by atoms with Crippen molar-refractivity contribution in [2.75, 3.05) is 24.1 Å². The van der Waals surface area contributed by atoms with Gasteiger partial charge in [-0.15, -0.1) is 0 Å². The van der Waals surface area contributed by atoms with Crippen molar-refractivity contribution in [3.8, 4) is 0 Å². The van der Waals surface area contributed by atoms with Crippen LogP contribution in [0.4, 0.5) is 0 Å². The summed E-state index contributed by atoms with van der Waals surface area (Å²) in [5.74, 6) is 3.62. The third-order valence-electron chi connectivity index (χ3n) is 2.98. The first-order valence-corrected chi connectivity index (χ1v) is 8.07. The Morgan fingerprint density at radius 3 is 2.00 bits per heavy atom. The average molecular weight is 203 g/mol. The van der Waals surface area contributed by atoms with E-state index >= 15 is 0 Å². The van der Waals surface area contributed by atoms with Gasteiger partial charge in [-0.05, 0) is 38.0 Å². The Labute approximate surface area is 85.2 Å². The molecule has 0 aromatic carbocycles. The Bertz CT molecular complexity index is 157. The zero-order chi connectivity index (χ0) is 10.2. The fourth-order valence-electron chi connectivity index (χ4n) is 2.22. The molecule has 1 atom stereocenters. The molecular formula is C11H25NS. The highest BCUT2D eigenvalue weighted by Gasteiger charge is 2.36. The van der Waals surface area contributed by atoms with Crippen LogP contribution in [0, 0.1) is 5.92 Å². The van der Waals surface area contributed by atoms with Crippen LogP contribution in [-0.2, 0) is 0 Å². The molecule has 0 saturated carbocycles. The molecular weight excluding hydrogens is 178 g/mol. The molecule has 2 heteroatoms. The summed E-state index contributed by atoms with van der Waals surface area (Å²) in [6, 6.07) is 1.56. The maximum absolute atomic E-state index is 2.71. The van der Waals surface area contributed by atoms with Crippen molar-refractivity contribution in [2.24, 2.45) is 5.92 Å². The van der Waals surface area contributed by atoms with Gasteiger partial charge in [-0.1, -0.05) is 13.8 Å². The van der Waals surface area contributed by atoms with Crippen LogP contribution in [0.1, 0.15) is 27.7 Å². The summed E-state index contributed by atoms with van der Waals surface area (Å²) < 4.78 is 0. The first-order valence-electron chi connectivity index (χ1n) is 5.28. The Morgan fingerprint density at radius 2 is 1.69 bits per heavy atom. The Balaban J connectivity index is 2.71. The molecule has 1 saturated heterocycles. The van der Waals surface area contributed by atoms with Crippen molar-refractivity contribution in [3.05, 3.63) is 0 Å². The van der Waals surface area contributed by atoms with Crippen molar-refractivity contribution in [1.29, 1.82) is 0 Å². The van der Waals surface area contributed by atoms with E-state index < -0.39 is 0 Å². The van der Waals surface area contributed by atoms with Gasteiger partial charge in [0.2, 0.25) is 0 Å². The van der Waals surface area contributed by atoms with E-state index in [4.69, 9.17) is 0 Å². The van der Waals surface area contributed by atoms with Gasteiger partial charge < -0.3 is 0 Å². The topological polar surface area (TPSA) is 3.24 Å². The predicted molar refractivity (Wildman–Crippen MR) is 64.8 cm³/mol. The van der Waals surface area contributed by atoms with E-state index in [1.165, 1.54) is 11.6 Å². The van der Waals surface area contributed by atoms with Crippen LogP contribution in [0.25, 0.3) is 0 Å². The maximum Gasteiger partial charge on any atom is 0.0292 e. The minimum Gasteiger partial charge on any atom is -0.289 e.